The largest absolute Gasteiger partial charge is 0.351 e. The topological polar surface area (TPSA) is 83.5 Å². The summed E-state index contributed by atoms with van der Waals surface area (Å²) < 4.78 is 66.3. The van der Waals surface area contributed by atoms with Gasteiger partial charge in [0.2, 0.25) is 11.8 Å². The SMILES string of the molecule is CC1(NC(=O)C2CC(S(=O)(=O)c3ccc(F)cc3Cl)CC2C(=O)N2CC(F)(F)C2)CC1. The molecule has 1 heterocycles. The van der Waals surface area contributed by atoms with Crippen LogP contribution in [0.15, 0.2) is 23.1 Å². The zero-order valence-corrected chi connectivity index (χ0v) is 18.3. The molecule has 1 saturated heterocycles. The molecule has 1 aromatic carbocycles. The van der Waals surface area contributed by atoms with Gasteiger partial charge in [0.15, 0.2) is 9.84 Å². The molecule has 2 amide bonds. The Labute approximate surface area is 183 Å². The molecule has 4 rings (SSSR count). The number of halogens is 4. The second-order valence-electron chi connectivity index (χ2n) is 9.03. The lowest BCUT2D eigenvalue weighted by Crippen LogP contribution is -2.60. The van der Waals surface area contributed by atoms with Crippen molar-refractivity contribution < 1.29 is 31.2 Å². The van der Waals surface area contributed by atoms with E-state index in [1.165, 1.54) is 0 Å². The van der Waals surface area contributed by atoms with E-state index >= 15 is 0 Å². The Kier molecular flexibility index (Phi) is 5.32. The fourth-order valence-corrected chi connectivity index (χ4v) is 6.66. The molecule has 31 heavy (non-hydrogen) atoms. The number of hydrogen-bond acceptors (Lipinski definition) is 4. The summed E-state index contributed by atoms with van der Waals surface area (Å²) in [6.07, 6.45) is 1.22. The van der Waals surface area contributed by atoms with Gasteiger partial charge in [-0.15, -0.1) is 0 Å². The number of benzene rings is 1. The highest BCUT2D eigenvalue weighted by molar-refractivity contribution is 7.92. The van der Waals surface area contributed by atoms with E-state index in [4.69, 9.17) is 11.6 Å². The summed E-state index contributed by atoms with van der Waals surface area (Å²) in [7, 11) is -4.08. The standard InChI is InChI=1S/C20H22ClF3N2O4S/c1-19(4-5-19)25-17(27)13-7-12(8-14(13)18(28)26-9-20(23,24)10-26)31(29,30)16-3-2-11(22)6-15(16)21/h2-3,6,12-14H,4-5,7-10H2,1H3,(H,25,27). The lowest BCUT2D eigenvalue weighted by atomic mass is 9.92. The molecule has 6 nitrogen and oxygen atoms in total. The summed E-state index contributed by atoms with van der Waals surface area (Å²) in [4.78, 5) is 26.4. The average Bonchev–Trinajstić information content (AvgIpc) is 3.18. The first-order valence-electron chi connectivity index (χ1n) is 9.99. The predicted octanol–water partition coefficient (Wildman–Crippen LogP) is 2.79. The minimum atomic E-state index is -4.08. The third kappa shape index (κ3) is 4.28. The molecule has 170 valence electrons. The van der Waals surface area contributed by atoms with Crippen LogP contribution in [0.25, 0.3) is 0 Å². The number of carbonyl (C=O) groups excluding carboxylic acids is 2. The highest BCUT2D eigenvalue weighted by atomic mass is 35.5. The molecule has 3 fully saturated rings. The third-order valence-electron chi connectivity index (χ3n) is 6.39. The molecule has 2 aliphatic carbocycles. The zero-order chi connectivity index (χ0) is 22.8. The number of sulfone groups is 1. The van der Waals surface area contributed by atoms with Crippen LogP contribution in [-0.4, -0.2) is 54.9 Å². The van der Waals surface area contributed by atoms with E-state index in [0.717, 1.165) is 35.9 Å². The number of carbonyl (C=O) groups is 2. The van der Waals surface area contributed by atoms with Crippen molar-refractivity contribution >= 4 is 33.3 Å². The van der Waals surface area contributed by atoms with Gasteiger partial charge >= 0.3 is 0 Å². The monoisotopic (exact) mass is 478 g/mol. The molecule has 3 unspecified atom stereocenters. The van der Waals surface area contributed by atoms with Crippen molar-refractivity contribution in [2.45, 2.75) is 54.2 Å². The first kappa shape index (κ1) is 22.4. The lowest BCUT2D eigenvalue weighted by molar-refractivity contribution is -0.171. The first-order valence-corrected chi connectivity index (χ1v) is 11.9. The Morgan fingerprint density at radius 3 is 2.32 bits per heavy atom. The Morgan fingerprint density at radius 1 is 1.16 bits per heavy atom. The van der Waals surface area contributed by atoms with E-state index in [9.17, 15) is 31.2 Å². The maximum Gasteiger partial charge on any atom is 0.282 e. The van der Waals surface area contributed by atoms with Crippen LogP contribution in [-0.2, 0) is 19.4 Å². The van der Waals surface area contributed by atoms with Crippen molar-refractivity contribution in [2.75, 3.05) is 13.1 Å². The summed E-state index contributed by atoms with van der Waals surface area (Å²) >= 11 is 5.94. The number of rotatable bonds is 5. The second kappa shape index (κ2) is 7.37. The Bertz CT molecular complexity index is 1040. The second-order valence-corrected chi connectivity index (χ2v) is 11.6. The van der Waals surface area contributed by atoms with Crippen LogP contribution in [0.2, 0.25) is 5.02 Å². The molecule has 0 bridgehead atoms. The van der Waals surface area contributed by atoms with Crippen LogP contribution in [0.3, 0.4) is 0 Å². The van der Waals surface area contributed by atoms with Crippen LogP contribution in [0.5, 0.6) is 0 Å². The summed E-state index contributed by atoms with van der Waals surface area (Å²) in [5.41, 5.74) is -0.383. The smallest absolute Gasteiger partial charge is 0.282 e. The molecule has 1 aliphatic heterocycles. The molecular formula is C20H22ClF3N2O4S. The van der Waals surface area contributed by atoms with Crippen molar-refractivity contribution in [3.63, 3.8) is 0 Å². The van der Waals surface area contributed by atoms with Crippen LogP contribution in [0.1, 0.15) is 32.6 Å². The van der Waals surface area contributed by atoms with Crippen LogP contribution in [0, 0.1) is 17.7 Å². The molecule has 1 N–H and O–H groups in total. The number of likely N-dealkylation sites (tertiary alicyclic amines) is 1. The summed E-state index contributed by atoms with van der Waals surface area (Å²) in [5, 5.41) is 1.45. The minimum Gasteiger partial charge on any atom is -0.351 e. The van der Waals surface area contributed by atoms with Gasteiger partial charge in [0.25, 0.3) is 5.92 Å². The lowest BCUT2D eigenvalue weighted by Gasteiger charge is -2.40. The highest BCUT2D eigenvalue weighted by Gasteiger charge is 2.54. The van der Waals surface area contributed by atoms with Gasteiger partial charge < -0.3 is 10.2 Å². The van der Waals surface area contributed by atoms with Crippen molar-refractivity contribution in [3.8, 4) is 0 Å². The number of alkyl halides is 2. The minimum absolute atomic E-state index is 0.140. The Hall–Kier alpha value is -1.81. The van der Waals surface area contributed by atoms with Crippen LogP contribution in [0.4, 0.5) is 13.2 Å². The summed E-state index contributed by atoms with van der Waals surface area (Å²) in [6, 6.07) is 2.90. The first-order chi connectivity index (χ1) is 14.3. The molecule has 3 atom stereocenters. The van der Waals surface area contributed by atoms with Gasteiger partial charge in [0.05, 0.1) is 40.1 Å². The quantitative estimate of drug-likeness (QED) is 0.660. The van der Waals surface area contributed by atoms with Crippen molar-refractivity contribution in [3.05, 3.63) is 29.0 Å². The van der Waals surface area contributed by atoms with E-state index in [1.807, 2.05) is 6.92 Å². The molecule has 1 aromatic rings. The molecule has 11 heteroatoms. The van der Waals surface area contributed by atoms with E-state index in [0.29, 0.717) is 0 Å². The molecule has 2 saturated carbocycles. The van der Waals surface area contributed by atoms with Gasteiger partial charge in [-0.3, -0.25) is 9.59 Å². The maximum absolute atomic E-state index is 13.4. The van der Waals surface area contributed by atoms with Gasteiger partial charge in [0.1, 0.15) is 5.82 Å². The maximum atomic E-state index is 13.4. The van der Waals surface area contributed by atoms with Gasteiger partial charge in [-0.05, 0) is 50.8 Å². The van der Waals surface area contributed by atoms with Crippen molar-refractivity contribution in [1.82, 2.24) is 10.2 Å². The van der Waals surface area contributed by atoms with Crippen LogP contribution < -0.4 is 5.32 Å². The number of amides is 2. The van der Waals surface area contributed by atoms with E-state index in [1.54, 1.807) is 0 Å². The van der Waals surface area contributed by atoms with Crippen molar-refractivity contribution in [1.29, 1.82) is 0 Å². The van der Waals surface area contributed by atoms with Gasteiger partial charge in [-0.25, -0.2) is 21.6 Å². The summed E-state index contributed by atoms with van der Waals surface area (Å²) in [5.74, 6) is -6.75. The van der Waals surface area contributed by atoms with E-state index < -0.39 is 63.6 Å². The molecule has 3 aliphatic rings. The Morgan fingerprint density at radius 2 is 1.77 bits per heavy atom. The van der Waals surface area contributed by atoms with Gasteiger partial charge in [-0.1, -0.05) is 11.6 Å². The van der Waals surface area contributed by atoms with Gasteiger partial charge in [-0.2, -0.15) is 0 Å². The number of nitrogens with one attached hydrogen (secondary N) is 1. The van der Waals surface area contributed by atoms with Crippen LogP contribution >= 0.6 is 11.6 Å². The van der Waals surface area contributed by atoms with E-state index in [-0.39, 0.29) is 28.3 Å². The normalized spacial score (nSPS) is 28.7. The van der Waals surface area contributed by atoms with E-state index in [2.05, 4.69) is 5.32 Å². The predicted molar refractivity (Wildman–Crippen MR) is 106 cm³/mol. The fraction of sp³-hybridized carbons (Fsp3) is 0.600. The fourth-order valence-electron chi connectivity index (χ4n) is 4.30. The average molecular weight is 479 g/mol. The molecule has 0 aromatic heterocycles. The van der Waals surface area contributed by atoms with Gasteiger partial charge in [0, 0.05) is 5.54 Å². The molecule has 0 radical (unpaired) electrons. The van der Waals surface area contributed by atoms with Crippen molar-refractivity contribution in [2.24, 2.45) is 11.8 Å². The molecular weight excluding hydrogens is 457 g/mol. The third-order valence-corrected chi connectivity index (χ3v) is 9.05. The summed E-state index contributed by atoms with van der Waals surface area (Å²) in [6.45, 7) is 0.365. The number of nitrogens with zero attached hydrogens (tertiary/aromatic N) is 1. The highest BCUT2D eigenvalue weighted by Crippen LogP contribution is 2.43. The Balaban J connectivity index is 1.60. The molecule has 0 spiro atoms. The number of hydrogen-bond donors (Lipinski definition) is 1. The zero-order valence-electron chi connectivity index (χ0n) is 16.7.